The van der Waals surface area contributed by atoms with Gasteiger partial charge in [-0.1, -0.05) is 31.0 Å². The minimum Gasteiger partial charge on any atom is -0.465 e. The highest BCUT2D eigenvalue weighted by Gasteiger charge is 2.09. The van der Waals surface area contributed by atoms with Crippen LogP contribution in [0, 0.1) is 6.92 Å². The number of ether oxygens (including phenoxy) is 1. The Morgan fingerprint density at radius 3 is 2.53 bits per heavy atom. The zero-order valence-corrected chi connectivity index (χ0v) is 11.9. The predicted octanol–water partition coefficient (Wildman–Crippen LogP) is 2.92. The molecule has 0 unspecified atom stereocenters. The number of aliphatic imine (C=N–C) groups is 1. The van der Waals surface area contributed by atoms with Gasteiger partial charge in [0.25, 0.3) is 11.9 Å². The molecule has 1 amide bonds. The van der Waals surface area contributed by atoms with E-state index < -0.39 is 0 Å². The topological polar surface area (TPSA) is 50.7 Å². The van der Waals surface area contributed by atoms with Crippen molar-refractivity contribution in [2.75, 3.05) is 13.2 Å². The lowest BCUT2D eigenvalue weighted by Crippen LogP contribution is -2.32. The number of nitrogens with zero attached hydrogens (tertiary/aromatic N) is 1. The van der Waals surface area contributed by atoms with Gasteiger partial charge in [-0.05, 0) is 32.4 Å². The van der Waals surface area contributed by atoms with E-state index in [0.717, 1.165) is 18.4 Å². The summed E-state index contributed by atoms with van der Waals surface area (Å²) in [6.45, 7) is 7.10. The summed E-state index contributed by atoms with van der Waals surface area (Å²) in [5.74, 6) is -0.191. The molecule has 1 rings (SSSR count). The monoisotopic (exact) mass is 262 g/mol. The van der Waals surface area contributed by atoms with Crippen molar-refractivity contribution in [3.8, 4) is 0 Å². The Morgan fingerprint density at radius 1 is 1.26 bits per heavy atom. The Hall–Kier alpha value is -1.84. The number of carbonyl (C=O) groups is 1. The van der Waals surface area contributed by atoms with E-state index in [1.165, 1.54) is 0 Å². The Morgan fingerprint density at radius 2 is 1.95 bits per heavy atom. The van der Waals surface area contributed by atoms with E-state index in [-0.39, 0.29) is 5.91 Å². The first-order valence-electron chi connectivity index (χ1n) is 6.72. The molecule has 104 valence electrons. The van der Waals surface area contributed by atoms with Crippen molar-refractivity contribution in [2.24, 2.45) is 4.99 Å². The van der Waals surface area contributed by atoms with Gasteiger partial charge in [0.05, 0.1) is 6.61 Å². The summed E-state index contributed by atoms with van der Waals surface area (Å²) < 4.78 is 5.32. The highest BCUT2D eigenvalue weighted by molar-refractivity contribution is 6.04. The third-order valence-electron chi connectivity index (χ3n) is 2.58. The lowest BCUT2D eigenvalue weighted by Gasteiger charge is -2.09. The second-order valence-corrected chi connectivity index (χ2v) is 4.29. The summed E-state index contributed by atoms with van der Waals surface area (Å²) >= 11 is 0. The van der Waals surface area contributed by atoms with Crippen molar-refractivity contribution in [1.82, 2.24) is 5.32 Å². The van der Waals surface area contributed by atoms with Gasteiger partial charge in [0.15, 0.2) is 0 Å². The highest BCUT2D eigenvalue weighted by Crippen LogP contribution is 2.03. The maximum absolute atomic E-state index is 12.0. The van der Waals surface area contributed by atoms with Crippen molar-refractivity contribution < 1.29 is 9.53 Å². The van der Waals surface area contributed by atoms with Crippen LogP contribution in [0.5, 0.6) is 0 Å². The summed E-state index contributed by atoms with van der Waals surface area (Å²) in [6.07, 6.45) is 2.05. The van der Waals surface area contributed by atoms with Crippen LogP contribution in [0.15, 0.2) is 29.3 Å². The number of nitrogens with one attached hydrogen (secondary N) is 1. The van der Waals surface area contributed by atoms with E-state index in [2.05, 4.69) is 17.2 Å². The largest absolute Gasteiger partial charge is 0.465 e. The molecule has 0 heterocycles. The number of aryl methyl sites for hydroxylation is 1. The predicted molar refractivity (Wildman–Crippen MR) is 77.5 cm³/mol. The molecule has 0 spiro atoms. The summed E-state index contributed by atoms with van der Waals surface area (Å²) in [6, 6.07) is 7.70. The third kappa shape index (κ3) is 5.55. The number of unbranched alkanes of at least 4 members (excludes halogenated alkanes) is 1. The van der Waals surface area contributed by atoms with Gasteiger partial charge in [-0.2, -0.15) is 0 Å². The molecule has 0 radical (unpaired) electrons. The van der Waals surface area contributed by atoms with Gasteiger partial charge in [0.1, 0.15) is 0 Å². The second-order valence-electron chi connectivity index (χ2n) is 4.29. The van der Waals surface area contributed by atoms with Crippen LogP contribution in [0.1, 0.15) is 42.6 Å². The molecular formula is C15H22N2O2. The molecule has 0 aromatic heterocycles. The lowest BCUT2D eigenvalue weighted by molar-refractivity contribution is 0.0966. The fourth-order valence-electron chi connectivity index (χ4n) is 1.47. The van der Waals surface area contributed by atoms with Gasteiger partial charge >= 0.3 is 0 Å². The van der Waals surface area contributed by atoms with Crippen molar-refractivity contribution in [3.05, 3.63) is 35.4 Å². The van der Waals surface area contributed by atoms with Crippen LogP contribution in [-0.4, -0.2) is 25.1 Å². The van der Waals surface area contributed by atoms with Crippen molar-refractivity contribution >= 4 is 11.9 Å². The quantitative estimate of drug-likeness (QED) is 0.504. The second kappa shape index (κ2) is 8.29. The van der Waals surface area contributed by atoms with Gasteiger partial charge < -0.3 is 4.74 Å². The molecule has 0 aliphatic heterocycles. The van der Waals surface area contributed by atoms with Crippen molar-refractivity contribution in [2.45, 2.75) is 33.6 Å². The molecule has 0 aliphatic carbocycles. The molecule has 4 heteroatoms. The van der Waals surface area contributed by atoms with E-state index in [4.69, 9.17) is 4.74 Å². The van der Waals surface area contributed by atoms with Crippen LogP contribution in [0.25, 0.3) is 0 Å². The molecule has 0 saturated heterocycles. The molecule has 0 saturated carbocycles. The van der Waals surface area contributed by atoms with Gasteiger partial charge in [-0.3, -0.25) is 10.1 Å². The number of amidine groups is 1. The normalized spacial score (nSPS) is 11.2. The average molecular weight is 262 g/mol. The standard InChI is InChI=1S/C15H22N2O2/c1-4-6-11-16-15(19-5-2)17-14(18)13-9-7-12(3)8-10-13/h7-10H,4-6,11H2,1-3H3,(H,16,17,18). The first-order chi connectivity index (χ1) is 9.17. The maximum atomic E-state index is 12.0. The van der Waals surface area contributed by atoms with Crippen LogP contribution in [0.2, 0.25) is 0 Å². The summed E-state index contributed by atoms with van der Waals surface area (Å²) in [4.78, 5) is 16.3. The maximum Gasteiger partial charge on any atom is 0.291 e. The van der Waals surface area contributed by atoms with Crippen LogP contribution in [0.4, 0.5) is 0 Å². The zero-order chi connectivity index (χ0) is 14.1. The fraction of sp³-hybridized carbons (Fsp3) is 0.467. The number of hydrogen-bond donors (Lipinski definition) is 1. The average Bonchev–Trinajstić information content (AvgIpc) is 2.40. The fourth-order valence-corrected chi connectivity index (χ4v) is 1.47. The van der Waals surface area contributed by atoms with E-state index >= 15 is 0 Å². The molecular weight excluding hydrogens is 240 g/mol. The molecule has 0 bridgehead atoms. The van der Waals surface area contributed by atoms with Gasteiger partial charge in [-0.25, -0.2) is 4.99 Å². The Kier molecular flexibility index (Phi) is 6.64. The Balaban J connectivity index is 2.65. The summed E-state index contributed by atoms with van der Waals surface area (Å²) in [5.41, 5.74) is 1.73. The molecule has 1 aromatic carbocycles. The molecule has 1 aromatic rings. The first-order valence-corrected chi connectivity index (χ1v) is 6.72. The molecule has 19 heavy (non-hydrogen) atoms. The lowest BCUT2D eigenvalue weighted by atomic mass is 10.1. The van der Waals surface area contributed by atoms with Crippen LogP contribution in [0.3, 0.4) is 0 Å². The van der Waals surface area contributed by atoms with Crippen LogP contribution >= 0.6 is 0 Å². The van der Waals surface area contributed by atoms with E-state index in [9.17, 15) is 4.79 Å². The SMILES string of the molecule is CCCCN=C(NC(=O)c1ccc(C)cc1)OCC. The van der Waals surface area contributed by atoms with Gasteiger partial charge in [-0.15, -0.1) is 0 Å². The molecule has 0 fully saturated rings. The Bertz CT molecular complexity index is 424. The molecule has 0 atom stereocenters. The van der Waals surface area contributed by atoms with Crippen molar-refractivity contribution in [1.29, 1.82) is 0 Å². The van der Waals surface area contributed by atoms with E-state index in [0.29, 0.717) is 24.7 Å². The number of amides is 1. The number of hydrogen-bond acceptors (Lipinski definition) is 3. The van der Waals surface area contributed by atoms with Gasteiger partial charge in [0, 0.05) is 12.1 Å². The van der Waals surface area contributed by atoms with Crippen LogP contribution in [-0.2, 0) is 4.74 Å². The minimum atomic E-state index is -0.191. The third-order valence-corrected chi connectivity index (χ3v) is 2.58. The minimum absolute atomic E-state index is 0.191. The first kappa shape index (κ1) is 15.2. The Labute approximate surface area is 114 Å². The number of rotatable bonds is 5. The molecule has 4 nitrogen and oxygen atoms in total. The molecule has 0 aliphatic rings. The summed E-state index contributed by atoms with van der Waals surface area (Å²) in [5, 5.41) is 2.70. The van der Waals surface area contributed by atoms with Crippen LogP contribution < -0.4 is 5.32 Å². The van der Waals surface area contributed by atoms with Gasteiger partial charge in [0.2, 0.25) is 0 Å². The summed E-state index contributed by atoms with van der Waals surface area (Å²) in [7, 11) is 0. The number of carbonyl (C=O) groups excluding carboxylic acids is 1. The molecule has 1 N–H and O–H groups in total. The smallest absolute Gasteiger partial charge is 0.291 e. The zero-order valence-electron chi connectivity index (χ0n) is 11.9. The highest BCUT2D eigenvalue weighted by atomic mass is 16.5. The van der Waals surface area contributed by atoms with Crippen molar-refractivity contribution in [3.63, 3.8) is 0 Å². The van der Waals surface area contributed by atoms with E-state index in [1.807, 2.05) is 26.0 Å². The number of benzene rings is 1. The van der Waals surface area contributed by atoms with E-state index in [1.54, 1.807) is 12.1 Å².